The highest BCUT2D eigenvalue weighted by molar-refractivity contribution is 7.14. The molecule has 1 saturated heterocycles. The molecule has 3 nitrogen and oxygen atoms in total. The van der Waals surface area contributed by atoms with Gasteiger partial charge in [-0.05, 0) is 7.05 Å². The molecule has 72 valence electrons. The molecule has 1 aliphatic rings. The Morgan fingerprint density at radius 2 is 2.54 bits per heavy atom. The fourth-order valence-corrected chi connectivity index (χ4v) is 2.37. The van der Waals surface area contributed by atoms with E-state index in [1.165, 1.54) is 13.1 Å². The zero-order valence-electron chi connectivity index (χ0n) is 7.46. The summed E-state index contributed by atoms with van der Waals surface area (Å²) in [7, 11) is 2.14. The monoisotopic (exact) mass is 217 g/mol. The van der Waals surface area contributed by atoms with Gasteiger partial charge in [0.2, 0.25) is 0 Å². The second-order valence-electron chi connectivity index (χ2n) is 3.44. The molecule has 1 N–H and O–H groups in total. The molecular weight excluding hydrogens is 206 g/mol. The molecule has 0 bridgehead atoms. The molecule has 0 aliphatic carbocycles. The van der Waals surface area contributed by atoms with Gasteiger partial charge in [-0.15, -0.1) is 11.3 Å². The first kappa shape index (κ1) is 9.24. The summed E-state index contributed by atoms with van der Waals surface area (Å²) in [5.41, 5.74) is 0. The Kier molecular flexibility index (Phi) is 2.71. The van der Waals surface area contributed by atoms with E-state index in [1.54, 1.807) is 11.3 Å². The van der Waals surface area contributed by atoms with Crippen LogP contribution in [-0.4, -0.2) is 36.6 Å². The van der Waals surface area contributed by atoms with E-state index in [1.807, 2.05) is 5.38 Å². The third-order valence-corrected chi connectivity index (χ3v) is 3.28. The van der Waals surface area contributed by atoms with Gasteiger partial charge in [0.05, 0.1) is 0 Å². The summed E-state index contributed by atoms with van der Waals surface area (Å²) < 4.78 is 0. The molecule has 0 amide bonds. The van der Waals surface area contributed by atoms with Gasteiger partial charge in [0, 0.05) is 30.9 Å². The van der Waals surface area contributed by atoms with Gasteiger partial charge in [-0.25, -0.2) is 4.98 Å². The van der Waals surface area contributed by atoms with Crippen molar-refractivity contribution in [1.82, 2.24) is 9.88 Å². The minimum atomic E-state index is 0.582. The molecule has 1 aromatic heterocycles. The maximum Gasteiger partial charge on any atom is 0.184 e. The Morgan fingerprint density at radius 3 is 3.08 bits per heavy atom. The van der Waals surface area contributed by atoms with Gasteiger partial charge in [0.1, 0.15) is 5.15 Å². The second-order valence-corrected chi connectivity index (χ2v) is 4.69. The van der Waals surface area contributed by atoms with Crippen LogP contribution in [-0.2, 0) is 0 Å². The van der Waals surface area contributed by atoms with Crippen molar-refractivity contribution in [3.63, 3.8) is 0 Å². The standard InChI is InChI=1S/C8H12ClN3S/c1-12-3-6(4-12)2-10-8-11-7(9)5-13-8/h5-6H,2-4H2,1H3,(H,10,11). The molecule has 1 aromatic rings. The number of halogens is 1. The summed E-state index contributed by atoms with van der Waals surface area (Å²) in [6, 6.07) is 0. The Hall–Kier alpha value is -0.320. The van der Waals surface area contributed by atoms with Gasteiger partial charge in [-0.2, -0.15) is 0 Å². The number of anilines is 1. The molecule has 1 aliphatic heterocycles. The molecule has 0 saturated carbocycles. The number of rotatable bonds is 3. The highest BCUT2D eigenvalue weighted by Crippen LogP contribution is 2.20. The van der Waals surface area contributed by atoms with Crippen molar-refractivity contribution in [2.24, 2.45) is 5.92 Å². The predicted molar refractivity (Wildman–Crippen MR) is 56.6 cm³/mol. The number of nitrogens with one attached hydrogen (secondary N) is 1. The number of likely N-dealkylation sites (tertiary alicyclic amines) is 1. The Balaban J connectivity index is 1.74. The van der Waals surface area contributed by atoms with Crippen molar-refractivity contribution in [2.45, 2.75) is 0 Å². The lowest BCUT2D eigenvalue weighted by Gasteiger charge is -2.36. The van der Waals surface area contributed by atoms with Crippen LogP contribution in [0.5, 0.6) is 0 Å². The molecule has 2 heterocycles. The predicted octanol–water partition coefficient (Wildman–Crippen LogP) is 1.77. The van der Waals surface area contributed by atoms with E-state index >= 15 is 0 Å². The van der Waals surface area contributed by atoms with Crippen molar-refractivity contribution >= 4 is 28.1 Å². The molecule has 2 rings (SSSR count). The fourth-order valence-electron chi connectivity index (χ4n) is 1.52. The smallest absolute Gasteiger partial charge is 0.184 e. The first-order valence-electron chi connectivity index (χ1n) is 4.27. The third-order valence-electron chi connectivity index (χ3n) is 2.16. The lowest BCUT2D eigenvalue weighted by atomic mass is 10.0. The van der Waals surface area contributed by atoms with Crippen molar-refractivity contribution in [3.8, 4) is 0 Å². The van der Waals surface area contributed by atoms with Crippen molar-refractivity contribution in [1.29, 1.82) is 0 Å². The molecule has 13 heavy (non-hydrogen) atoms. The van der Waals surface area contributed by atoms with Crippen LogP contribution in [0.15, 0.2) is 5.38 Å². The lowest BCUT2D eigenvalue weighted by molar-refractivity contribution is 0.144. The highest BCUT2D eigenvalue weighted by atomic mass is 35.5. The van der Waals surface area contributed by atoms with Crippen LogP contribution < -0.4 is 5.32 Å². The first-order valence-corrected chi connectivity index (χ1v) is 5.53. The summed E-state index contributed by atoms with van der Waals surface area (Å²) in [5.74, 6) is 0.771. The van der Waals surface area contributed by atoms with E-state index < -0.39 is 0 Å². The van der Waals surface area contributed by atoms with Gasteiger partial charge < -0.3 is 10.2 Å². The minimum absolute atomic E-state index is 0.582. The molecule has 0 atom stereocenters. The normalized spacial score (nSPS) is 18.6. The summed E-state index contributed by atoms with van der Waals surface area (Å²) in [6.45, 7) is 3.38. The zero-order valence-corrected chi connectivity index (χ0v) is 9.03. The molecule has 0 unspecified atom stereocenters. The van der Waals surface area contributed by atoms with Crippen molar-refractivity contribution in [3.05, 3.63) is 10.5 Å². The highest BCUT2D eigenvalue weighted by Gasteiger charge is 2.22. The lowest BCUT2D eigenvalue weighted by Crippen LogP contribution is -2.46. The Morgan fingerprint density at radius 1 is 1.77 bits per heavy atom. The van der Waals surface area contributed by atoms with E-state index in [-0.39, 0.29) is 0 Å². The Labute approximate surface area is 86.7 Å². The first-order chi connectivity index (χ1) is 6.24. The van der Waals surface area contributed by atoms with Crippen LogP contribution in [0.3, 0.4) is 0 Å². The maximum absolute atomic E-state index is 5.70. The van der Waals surface area contributed by atoms with E-state index in [2.05, 4.69) is 22.2 Å². The topological polar surface area (TPSA) is 28.2 Å². The van der Waals surface area contributed by atoms with Crippen LogP contribution in [0.2, 0.25) is 5.15 Å². The SMILES string of the molecule is CN1CC(CNc2nc(Cl)cs2)C1. The largest absolute Gasteiger partial charge is 0.361 e. The number of aromatic nitrogens is 1. The number of thiazole rings is 1. The molecule has 0 aromatic carbocycles. The molecular formula is C8H12ClN3S. The summed E-state index contributed by atoms with van der Waals surface area (Å²) in [5, 5.41) is 6.64. The van der Waals surface area contributed by atoms with E-state index in [0.717, 1.165) is 17.6 Å². The van der Waals surface area contributed by atoms with Gasteiger partial charge in [0.25, 0.3) is 0 Å². The van der Waals surface area contributed by atoms with E-state index in [9.17, 15) is 0 Å². The van der Waals surface area contributed by atoms with Gasteiger partial charge >= 0.3 is 0 Å². The quantitative estimate of drug-likeness (QED) is 0.837. The van der Waals surface area contributed by atoms with Crippen molar-refractivity contribution < 1.29 is 0 Å². The van der Waals surface area contributed by atoms with Gasteiger partial charge in [-0.3, -0.25) is 0 Å². The van der Waals surface area contributed by atoms with Crippen LogP contribution >= 0.6 is 22.9 Å². The average Bonchev–Trinajstić information content (AvgIpc) is 2.43. The van der Waals surface area contributed by atoms with Crippen LogP contribution in [0, 0.1) is 5.92 Å². The van der Waals surface area contributed by atoms with Gasteiger partial charge in [-0.1, -0.05) is 11.6 Å². The van der Waals surface area contributed by atoms with Crippen molar-refractivity contribution in [2.75, 3.05) is 32.0 Å². The Bertz CT molecular complexity index is 283. The zero-order chi connectivity index (χ0) is 9.26. The van der Waals surface area contributed by atoms with E-state index in [0.29, 0.717) is 5.15 Å². The van der Waals surface area contributed by atoms with Crippen LogP contribution in [0.4, 0.5) is 5.13 Å². The van der Waals surface area contributed by atoms with Crippen LogP contribution in [0.1, 0.15) is 0 Å². The summed E-state index contributed by atoms with van der Waals surface area (Å²) in [4.78, 5) is 6.43. The van der Waals surface area contributed by atoms with E-state index in [4.69, 9.17) is 11.6 Å². The second kappa shape index (κ2) is 3.82. The summed E-state index contributed by atoms with van der Waals surface area (Å²) >= 11 is 7.26. The number of nitrogens with zero attached hydrogens (tertiary/aromatic N) is 2. The third kappa shape index (κ3) is 2.33. The maximum atomic E-state index is 5.70. The number of hydrogen-bond donors (Lipinski definition) is 1. The summed E-state index contributed by atoms with van der Waals surface area (Å²) in [6.07, 6.45) is 0. The van der Waals surface area contributed by atoms with Crippen LogP contribution in [0.25, 0.3) is 0 Å². The molecule has 5 heteroatoms. The molecule has 0 radical (unpaired) electrons. The van der Waals surface area contributed by atoms with Gasteiger partial charge in [0.15, 0.2) is 5.13 Å². The number of hydrogen-bond acceptors (Lipinski definition) is 4. The molecule has 1 fully saturated rings. The average molecular weight is 218 g/mol. The minimum Gasteiger partial charge on any atom is -0.361 e. The fraction of sp³-hybridized carbons (Fsp3) is 0.625. The molecule has 0 spiro atoms.